The molecule has 1 aromatic carbocycles. The number of phenolic OH excluding ortho intramolecular Hbond substituents is 1. The molecule has 1 aliphatic rings. The smallest absolute Gasteiger partial charge is 0.206 e. The topological polar surface area (TPSA) is 55.5 Å². The number of methoxy groups -OCH3 is 1. The van der Waals surface area contributed by atoms with E-state index in [1.807, 2.05) is 0 Å². The SMILES string of the molecule is COc1c(C2(N)CCCC2)ccc(O)c1F. The molecule has 0 radical (unpaired) electrons. The Balaban J connectivity index is 2.52. The molecule has 0 aromatic heterocycles. The lowest BCUT2D eigenvalue weighted by molar-refractivity contribution is 0.341. The van der Waals surface area contributed by atoms with Crippen molar-refractivity contribution < 1.29 is 14.2 Å². The molecule has 1 fully saturated rings. The standard InChI is InChI=1S/C12H16FNO2/c1-16-11-8(4-5-9(15)10(11)13)12(14)6-2-3-7-12/h4-5,15H,2-3,6-7,14H2,1H3. The van der Waals surface area contributed by atoms with Gasteiger partial charge in [0.05, 0.1) is 7.11 Å². The Morgan fingerprint density at radius 2 is 2.00 bits per heavy atom. The lowest BCUT2D eigenvalue weighted by atomic mass is 9.88. The zero-order valence-corrected chi connectivity index (χ0v) is 9.29. The minimum Gasteiger partial charge on any atom is -0.505 e. The van der Waals surface area contributed by atoms with Gasteiger partial charge in [-0.1, -0.05) is 12.8 Å². The third-order valence-electron chi connectivity index (χ3n) is 3.31. The minimum atomic E-state index is -0.725. The van der Waals surface area contributed by atoms with Crippen molar-refractivity contribution >= 4 is 0 Å². The summed E-state index contributed by atoms with van der Waals surface area (Å²) in [5.74, 6) is -1.05. The van der Waals surface area contributed by atoms with E-state index in [4.69, 9.17) is 10.5 Å². The Kier molecular flexibility index (Phi) is 2.76. The highest BCUT2D eigenvalue weighted by atomic mass is 19.1. The van der Waals surface area contributed by atoms with Gasteiger partial charge in [0, 0.05) is 11.1 Å². The Morgan fingerprint density at radius 3 is 2.56 bits per heavy atom. The van der Waals surface area contributed by atoms with Crippen LogP contribution in [0.4, 0.5) is 4.39 Å². The Morgan fingerprint density at radius 1 is 1.38 bits per heavy atom. The van der Waals surface area contributed by atoms with Crippen LogP contribution in [-0.4, -0.2) is 12.2 Å². The molecule has 0 unspecified atom stereocenters. The number of aromatic hydroxyl groups is 1. The molecule has 0 spiro atoms. The predicted molar refractivity (Wildman–Crippen MR) is 59.0 cm³/mol. The highest BCUT2D eigenvalue weighted by molar-refractivity contribution is 5.46. The molecule has 88 valence electrons. The number of rotatable bonds is 2. The largest absolute Gasteiger partial charge is 0.505 e. The third kappa shape index (κ3) is 1.63. The van der Waals surface area contributed by atoms with E-state index < -0.39 is 17.1 Å². The minimum absolute atomic E-state index is 0.0735. The summed E-state index contributed by atoms with van der Waals surface area (Å²) in [6, 6.07) is 2.99. The monoisotopic (exact) mass is 225 g/mol. The molecule has 0 bridgehead atoms. The maximum Gasteiger partial charge on any atom is 0.206 e. The molecule has 0 aliphatic heterocycles. The van der Waals surface area contributed by atoms with Crippen LogP contribution in [0.25, 0.3) is 0 Å². The first-order valence-corrected chi connectivity index (χ1v) is 5.43. The van der Waals surface area contributed by atoms with Gasteiger partial charge in [0.2, 0.25) is 5.82 Å². The third-order valence-corrected chi connectivity index (χ3v) is 3.31. The predicted octanol–water partition coefficient (Wildman–Crippen LogP) is 2.27. The molecule has 0 saturated heterocycles. The molecule has 0 atom stereocenters. The molecule has 1 aliphatic carbocycles. The number of hydrogen-bond donors (Lipinski definition) is 2. The summed E-state index contributed by atoms with van der Waals surface area (Å²) in [7, 11) is 1.39. The van der Waals surface area contributed by atoms with Crippen LogP contribution >= 0.6 is 0 Å². The molecular weight excluding hydrogens is 209 g/mol. The molecule has 2 rings (SSSR count). The summed E-state index contributed by atoms with van der Waals surface area (Å²) >= 11 is 0. The molecule has 1 saturated carbocycles. The molecule has 4 heteroatoms. The number of hydrogen-bond acceptors (Lipinski definition) is 3. The summed E-state index contributed by atoms with van der Waals surface area (Å²) in [6.07, 6.45) is 3.74. The first-order chi connectivity index (χ1) is 7.58. The summed E-state index contributed by atoms with van der Waals surface area (Å²) in [5.41, 5.74) is 6.39. The number of halogens is 1. The van der Waals surface area contributed by atoms with E-state index >= 15 is 0 Å². The van der Waals surface area contributed by atoms with Crippen LogP contribution in [0.5, 0.6) is 11.5 Å². The number of phenols is 1. The normalized spacial score (nSPS) is 18.7. The van der Waals surface area contributed by atoms with Gasteiger partial charge in [-0.2, -0.15) is 4.39 Å². The van der Waals surface area contributed by atoms with Gasteiger partial charge in [0.1, 0.15) is 0 Å². The van der Waals surface area contributed by atoms with E-state index in [1.165, 1.54) is 13.2 Å². The van der Waals surface area contributed by atoms with E-state index in [-0.39, 0.29) is 5.75 Å². The van der Waals surface area contributed by atoms with Gasteiger partial charge in [0.15, 0.2) is 11.5 Å². The van der Waals surface area contributed by atoms with Gasteiger partial charge >= 0.3 is 0 Å². The van der Waals surface area contributed by atoms with Crippen molar-refractivity contribution in [2.24, 2.45) is 5.73 Å². The summed E-state index contributed by atoms with van der Waals surface area (Å²) in [6.45, 7) is 0. The van der Waals surface area contributed by atoms with E-state index in [0.717, 1.165) is 25.7 Å². The molecule has 1 aromatic rings. The van der Waals surface area contributed by atoms with Crippen molar-refractivity contribution in [3.05, 3.63) is 23.5 Å². The van der Waals surface area contributed by atoms with Crippen LogP contribution in [0.1, 0.15) is 31.2 Å². The van der Waals surface area contributed by atoms with E-state index in [1.54, 1.807) is 6.07 Å². The second-order valence-corrected chi connectivity index (χ2v) is 4.34. The van der Waals surface area contributed by atoms with Crippen molar-refractivity contribution in [2.75, 3.05) is 7.11 Å². The fraction of sp³-hybridized carbons (Fsp3) is 0.500. The average Bonchev–Trinajstić information content (AvgIpc) is 2.70. The van der Waals surface area contributed by atoms with Gasteiger partial charge in [-0.15, -0.1) is 0 Å². The van der Waals surface area contributed by atoms with Crippen LogP contribution in [0.2, 0.25) is 0 Å². The Labute approximate surface area is 94.0 Å². The zero-order chi connectivity index (χ0) is 11.8. The van der Waals surface area contributed by atoms with Crippen LogP contribution in [0, 0.1) is 5.82 Å². The lowest BCUT2D eigenvalue weighted by Crippen LogP contribution is -2.33. The molecule has 16 heavy (non-hydrogen) atoms. The van der Waals surface area contributed by atoms with Crippen molar-refractivity contribution in [1.29, 1.82) is 0 Å². The molecule has 0 amide bonds. The molecular formula is C12H16FNO2. The Hall–Kier alpha value is -1.29. The van der Waals surface area contributed by atoms with Crippen LogP contribution in [-0.2, 0) is 5.54 Å². The van der Waals surface area contributed by atoms with Gasteiger partial charge in [-0.3, -0.25) is 0 Å². The van der Waals surface area contributed by atoms with E-state index in [2.05, 4.69) is 0 Å². The maximum atomic E-state index is 13.7. The number of ether oxygens (including phenoxy) is 1. The maximum absolute atomic E-state index is 13.7. The second kappa shape index (κ2) is 3.94. The zero-order valence-electron chi connectivity index (χ0n) is 9.29. The van der Waals surface area contributed by atoms with Gasteiger partial charge in [-0.25, -0.2) is 0 Å². The first-order valence-electron chi connectivity index (χ1n) is 5.43. The van der Waals surface area contributed by atoms with Gasteiger partial charge < -0.3 is 15.6 Å². The van der Waals surface area contributed by atoms with Crippen LogP contribution in [0.15, 0.2) is 12.1 Å². The Bertz CT molecular complexity index is 400. The summed E-state index contributed by atoms with van der Waals surface area (Å²) in [4.78, 5) is 0. The van der Waals surface area contributed by atoms with Crippen LogP contribution in [0.3, 0.4) is 0 Å². The quantitative estimate of drug-likeness (QED) is 0.811. The van der Waals surface area contributed by atoms with E-state index in [9.17, 15) is 9.50 Å². The summed E-state index contributed by atoms with van der Waals surface area (Å²) < 4.78 is 18.7. The van der Waals surface area contributed by atoms with Gasteiger partial charge in [-0.05, 0) is 25.0 Å². The number of benzene rings is 1. The molecule has 3 nitrogen and oxygen atoms in total. The highest BCUT2D eigenvalue weighted by Crippen LogP contribution is 2.43. The second-order valence-electron chi connectivity index (χ2n) is 4.34. The first kappa shape index (κ1) is 11.2. The van der Waals surface area contributed by atoms with Crippen molar-refractivity contribution in [3.63, 3.8) is 0 Å². The fourth-order valence-corrected chi connectivity index (χ4v) is 2.41. The molecule has 3 N–H and O–H groups in total. The van der Waals surface area contributed by atoms with Crippen molar-refractivity contribution in [1.82, 2.24) is 0 Å². The highest BCUT2D eigenvalue weighted by Gasteiger charge is 2.35. The van der Waals surface area contributed by atoms with Crippen molar-refractivity contribution in [3.8, 4) is 11.5 Å². The van der Waals surface area contributed by atoms with Crippen molar-refractivity contribution in [2.45, 2.75) is 31.2 Å². The summed E-state index contributed by atoms with van der Waals surface area (Å²) in [5, 5.41) is 9.29. The van der Waals surface area contributed by atoms with E-state index in [0.29, 0.717) is 5.56 Å². The fourth-order valence-electron chi connectivity index (χ4n) is 2.41. The average molecular weight is 225 g/mol. The molecule has 0 heterocycles. The number of nitrogens with two attached hydrogens (primary N) is 1. The lowest BCUT2D eigenvalue weighted by Gasteiger charge is -2.26. The van der Waals surface area contributed by atoms with Crippen LogP contribution < -0.4 is 10.5 Å². The van der Waals surface area contributed by atoms with Gasteiger partial charge in [0.25, 0.3) is 0 Å².